The van der Waals surface area contributed by atoms with Gasteiger partial charge >= 0.3 is 0 Å². The lowest BCUT2D eigenvalue weighted by atomic mass is 10.3. The molecule has 6 heteroatoms. The molecule has 0 radical (unpaired) electrons. The molecule has 4 nitrogen and oxygen atoms in total. The van der Waals surface area contributed by atoms with Crippen molar-refractivity contribution in [1.82, 2.24) is 9.88 Å². The maximum atomic E-state index is 13.4. The Morgan fingerprint density at radius 3 is 2.65 bits per heavy atom. The number of halogens is 2. The standard InChI is InChI=1S/C14H15F2N3O/c1-19(2)14(20)13-6-4-10(18-13)8-17-12-5-3-9(15)7-11(12)16/h3-7,17-18H,8H2,1-2H3. The van der Waals surface area contributed by atoms with Gasteiger partial charge in [-0.15, -0.1) is 0 Å². The number of nitrogens with one attached hydrogen (secondary N) is 2. The average Bonchev–Trinajstić information content (AvgIpc) is 2.85. The molecule has 0 bridgehead atoms. The summed E-state index contributed by atoms with van der Waals surface area (Å²) in [6.45, 7) is 0.309. The van der Waals surface area contributed by atoms with Gasteiger partial charge in [-0.05, 0) is 24.3 Å². The highest BCUT2D eigenvalue weighted by molar-refractivity contribution is 5.92. The van der Waals surface area contributed by atoms with E-state index in [9.17, 15) is 13.6 Å². The average molecular weight is 279 g/mol. The Labute approximate surface area is 115 Å². The number of hydrogen-bond donors (Lipinski definition) is 2. The van der Waals surface area contributed by atoms with E-state index in [1.807, 2.05) is 0 Å². The Bertz CT molecular complexity index is 623. The molecule has 0 spiro atoms. The second kappa shape index (κ2) is 5.73. The van der Waals surface area contributed by atoms with Gasteiger partial charge in [-0.25, -0.2) is 8.78 Å². The molecule has 1 aromatic heterocycles. The molecule has 1 amide bonds. The number of nitrogens with zero attached hydrogens (tertiary/aromatic N) is 1. The van der Waals surface area contributed by atoms with Gasteiger partial charge in [-0.2, -0.15) is 0 Å². The van der Waals surface area contributed by atoms with E-state index in [1.165, 1.54) is 17.0 Å². The first-order valence-electron chi connectivity index (χ1n) is 6.06. The first-order chi connectivity index (χ1) is 9.47. The molecule has 106 valence electrons. The Morgan fingerprint density at radius 1 is 1.25 bits per heavy atom. The van der Waals surface area contributed by atoms with Crippen LogP contribution < -0.4 is 5.32 Å². The van der Waals surface area contributed by atoms with Crippen molar-refractivity contribution in [2.24, 2.45) is 0 Å². The van der Waals surface area contributed by atoms with E-state index in [4.69, 9.17) is 0 Å². The number of benzene rings is 1. The van der Waals surface area contributed by atoms with E-state index in [-0.39, 0.29) is 11.6 Å². The highest BCUT2D eigenvalue weighted by Gasteiger charge is 2.10. The number of aromatic amines is 1. The van der Waals surface area contributed by atoms with Crippen LogP contribution in [0.2, 0.25) is 0 Å². The van der Waals surface area contributed by atoms with Gasteiger partial charge in [-0.3, -0.25) is 4.79 Å². The molecule has 0 saturated heterocycles. The van der Waals surface area contributed by atoms with Crippen molar-refractivity contribution in [3.63, 3.8) is 0 Å². The van der Waals surface area contributed by atoms with E-state index in [1.54, 1.807) is 26.2 Å². The van der Waals surface area contributed by atoms with E-state index in [0.717, 1.165) is 11.8 Å². The number of anilines is 1. The molecule has 0 aliphatic rings. The molecule has 2 aromatic rings. The summed E-state index contributed by atoms with van der Waals surface area (Å²) in [6.07, 6.45) is 0. The van der Waals surface area contributed by atoms with Gasteiger partial charge in [0.1, 0.15) is 17.3 Å². The van der Waals surface area contributed by atoms with Gasteiger partial charge in [-0.1, -0.05) is 0 Å². The molecule has 0 saturated carbocycles. The third-order valence-electron chi connectivity index (χ3n) is 2.78. The minimum Gasteiger partial charge on any atom is -0.377 e. The minimum atomic E-state index is -0.652. The molecule has 2 N–H and O–H groups in total. The zero-order chi connectivity index (χ0) is 14.7. The molecule has 2 rings (SSSR count). The van der Waals surface area contributed by atoms with Crippen LogP contribution in [0.5, 0.6) is 0 Å². The number of carbonyl (C=O) groups is 1. The van der Waals surface area contributed by atoms with Crippen molar-refractivity contribution in [1.29, 1.82) is 0 Å². The third kappa shape index (κ3) is 3.14. The van der Waals surface area contributed by atoms with Crippen LogP contribution >= 0.6 is 0 Å². The largest absolute Gasteiger partial charge is 0.377 e. The first-order valence-corrected chi connectivity index (χ1v) is 6.06. The quantitative estimate of drug-likeness (QED) is 0.903. The summed E-state index contributed by atoms with van der Waals surface area (Å²) in [7, 11) is 3.32. The Hall–Kier alpha value is -2.37. The normalized spacial score (nSPS) is 10.4. The van der Waals surface area contributed by atoms with Crippen LogP contribution in [0.25, 0.3) is 0 Å². The minimum absolute atomic E-state index is 0.135. The lowest BCUT2D eigenvalue weighted by molar-refractivity contribution is 0.0822. The van der Waals surface area contributed by atoms with Crippen LogP contribution in [0.15, 0.2) is 30.3 Å². The van der Waals surface area contributed by atoms with E-state index in [0.29, 0.717) is 12.2 Å². The summed E-state index contributed by atoms with van der Waals surface area (Å²) >= 11 is 0. The van der Waals surface area contributed by atoms with Crippen molar-refractivity contribution < 1.29 is 13.6 Å². The maximum Gasteiger partial charge on any atom is 0.269 e. The number of carbonyl (C=O) groups excluding carboxylic acids is 1. The van der Waals surface area contributed by atoms with Gasteiger partial charge in [0.2, 0.25) is 0 Å². The second-order valence-electron chi connectivity index (χ2n) is 4.57. The van der Waals surface area contributed by atoms with Gasteiger partial charge in [0, 0.05) is 25.9 Å². The second-order valence-corrected chi connectivity index (χ2v) is 4.57. The SMILES string of the molecule is CN(C)C(=O)c1ccc(CNc2ccc(F)cc2F)[nH]1. The van der Waals surface area contributed by atoms with Crippen molar-refractivity contribution in [2.45, 2.75) is 6.54 Å². The van der Waals surface area contributed by atoms with E-state index in [2.05, 4.69) is 10.3 Å². The highest BCUT2D eigenvalue weighted by Crippen LogP contribution is 2.16. The molecule has 0 atom stereocenters. The molecule has 0 aliphatic heterocycles. The predicted octanol–water partition coefficient (Wildman–Crippen LogP) is 2.61. The van der Waals surface area contributed by atoms with Gasteiger partial charge in [0.25, 0.3) is 5.91 Å². The molecule has 0 unspecified atom stereocenters. The number of amides is 1. The fourth-order valence-electron chi connectivity index (χ4n) is 1.73. The molecule has 20 heavy (non-hydrogen) atoms. The van der Waals surface area contributed by atoms with Crippen molar-refractivity contribution in [3.8, 4) is 0 Å². The zero-order valence-corrected chi connectivity index (χ0v) is 11.2. The Morgan fingerprint density at radius 2 is 2.00 bits per heavy atom. The monoisotopic (exact) mass is 279 g/mol. The number of aromatic nitrogens is 1. The summed E-state index contributed by atoms with van der Waals surface area (Å²) < 4.78 is 26.2. The molecule has 1 heterocycles. The smallest absolute Gasteiger partial charge is 0.269 e. The summed E-state index contributed by atoms with van der Waals surface area (Å²) in [4.78, 5) is 16.1. The van der Waals surface area contributed by atoms with Crippen LogP contribution in [-0.2, 0) is 6.54 Å². The highest BCUT2D eigenvalue weighted by atomic mass is 19.1. The van der Waals surface area contributed by atoms with Crippen molar-refractivity contribution in [2.75, 3.05) is 19.4 Å². The Balaban J connectivity index is 2.03. The molecule has 0 aliphatic carbocycles. The number of H-pyrrole nitrogens is 1. The van der Waals surface area contributed by atoms with E-state index >= 15 is 0 Å². The summed E-state index contributed by atoms with van der Waals surface area (Å²) in [5, 5.41) is 2.84. The Kier molecular flexibility index (Phi) is 4.02. The maximum absolute atomic E-state index is 13.4. The number of hydrogen-bond acceptors (Lipinski definition) is 2. The molecular weight excluding hydrogens is 264 g/mol. The summed E-state index contributed by atoms with van der Waals surface area (Å²) in [6, 6.07) is 6.74. The third-order valence-corrected chi connectivity index (χ3v) is 2.78. The van der Waals surface area contributed by atoms with Crippen molar-refractivity contribution in [3.05, 3.63) is 53.4 Å². The van der Waals surface area contributed by atoms with Crippen LogP contribution in [0.3, 0.4) is 0 Å². The lowest BCUT2D eigenvalue weighted by Gasteiger charge is -2.08. The van der Waals surface area contributed by atoms with Crippen LogP contribution in [-0.4, -0.2) is 29.9 Å². The zero-order valence-electron chi connectivity index (χ0n) is 11.2. The van der Waals surface area contributed by atoms with E-state index < -0.39 is 11.6 Å². The summed E-state index contributed by atoms with van der Waals surface area (Å²) in [5.41, 5.74) is 1.41. The predicted molar refractivity (Wildman–Crippen MR) is 72.5 cm³/mol. The van der Waals surface area contributed by atoms with Gasteiger partial charge in [0.15, 0.2) is 0 Å². The van der Waals surface area contributed by atoms with Crippen LogP contribution in [0.4, 0.5) is 14.5 Å². The molecule has 0 fully saturated rings. The lowest BCUT2D eigenvalue weighted by Crippen LogP contribution is -2.22. The fourth-order valence-corrected chi connectivity index (χ4v) is 1.73. The van der Waals surface area contributed by atoms with Gasteiger partial charge in [0.05, 0.1) is 12.2 Å². The fraction of sp³-hybridized carbons (Fsp3) is 0.214. The molecule has 1 aromatic carbocycles. The van der Waals surface area contributed by atoms with Crippen LogP contribution in [0, 0.1) is 11.6 Å². The summed E-state index contributed by atoms with van der Waals surface area (Å²) in [5.74, 6) is -1.41. The van der Waals surface area contributed by atoms with Gasteiger partial charge < -0.3 is 15.2 Å². The number of rotatable bonds is 4. The van der Waals surface area contributed by atoms with Crippen molar-refractivity contribution >= 4 is 11.6 Å². The van der Waals surface area contributed by atoms with Crippen LogP contribution in [0.1, 0.15) is 16.2 Å². The topological polar surface area (TPSA) is 48.1 Å². The molecular formula is C14H15F2N3O. The first kappa shape index (κ1) is 14.0.